The molecule has 4 aliphatic carbocycles. The molecule has 4 rings (SSSR count). The summed E-state index contributed by atoms with van der Waals surface area (Å²) in [5.41, 5.74) is 1.72. The number of allylic oxidation sites excluding steroid dienone is 2. The first-order chi connectivity index (χ1) is 11.5. The number of aliphatic hydroxyl groups is 1. The van der Waals surface area contributed by atoms with E-state index < -0.39 is 5.60 Å². The third kappa shape index (κ3) is 2.12. The summed E-state index contributed by atoms with van der Waals surface area (Å²) in [5, 5.41) is 15.2. The highest BCUT2D eigenvalue weighted by molar-refractivity contribution is 5.96. The normalized spacial score (nSPS) is 48.8. The van der Waals surface area contributed by atoms with E-state index in [-0.39, 0.29) is 5.41 Å². The van der Waals surface area contributed by atoms with Crippen molar-refractivity contribution in [3.63, 3.8) is 0 Å². The number of hydrogen-bond donors (Lipinski definition) is 1. The van der Waals surface area contributed by atoms with E-state index in [2.05, 4.69) is 24.1 Å². The van der Waals surface area contributed by atoms with Gasteiger partial charge in [0.2, 0.25) is 0 Å². The van der Waals surface area contributed by atoms with Crippen LogP contribution in [-0.2, 0) is 4.84 Å². The van der Waals surface area contributed by atoms with Gasteiger partial charge in [-0.2, -0.15) is 0 Å². The van der Waals surface area contributed by atoms with E-state index in [0.717, 1.165) is 43.2 Å². The number of nitrogens with zero attached hydrogens (tertiary/aromatic N) is 1. The summed E-state index contributed by atoms with van der Waals surface area (Å²) in [7, 11) is 1.63. The molecule has 3 saturated carbocycles. The maximum Gasteiger partial charge on any atom is 0.130 e. The molecule has 0 spiro atoms. The first-order valence-corrected chi connectivity index (χ1v) is 9.53. The Morgan fingerprint density at radius 1 is 1.21 bits per heavy atom. The smallest absolute Gasteiger partial charge is 0.130 e. The molecule has 0 radical (unpaired) electrons. The molecular formula is C21H29NO2. The predicted molar refractivity (Wildman–Crippen MR) is 95.3 cm³/mol. The number of hydrogen-bond acceptors (Lipinski definition) is 3. The van der Waals surface area contributed by atoms with Crippen LogP contribution in [0.3, 0.4) is 0 Å². The first kappa shape index (κ1) is 16.2. The van der Waals surface area contributed by atoms with E-state index in [1.807, 2.05) is 0 Å². The molecule has 4 aliphatic rings. The maximum absolute atomic E-state index is 11.0. The van der Waals surface area contributed by atoms with Crippen molar-refractivity contribution in [2.45, 2.75) is 63.9 Å². The van der Waals surface area contributed by atoms with Crippen LogP contribution in [0.1, 0.15) is 58.3 Å². The fraction of sp³-hybridized carbons (Fsp3) is 0.762. The van der Waals surface area contributed by atoms with Crippen LogP contribution in [0.25, 0.3) is 0 Å². The number of terminal acetylenes is 1. The second kappa shape index (κ2) is 5.63. The monoisotopic (exact) mass is 327 g/mol. The van der Waals surface area contributed by atoms with Gasteiger partial charge in [-0.3, -0.25) is 0 Å². The Morgan fingerprint density at radius 3 is 2.79 bits per heavy atom. The second-order valence-corrected chi connectivity index (χ2v) is 8.60. The highest BCUT2D eigenvalue weighted by Gasteiger charge is 2.61. The highest BCUT2D eigenvalue weighted by atomic mass is 16.6. The topological polar surface area (TPSA) is 41.8 Å². The van der Waals surface area contributed by atoms with E-state index in [9.17, 15) is 5.11 Å². The largest absolute Gasteiger partial charge is 0.399 e. The molecule has 0 unspecified atom stereocenters. The minimum absolute atomic E-state index is 0.0819. The number of fused-ring (bicyclic) bond motifs is 5. The molecule has 0 aromatic heterocycles. The van der Waals surface area contributed by atoms with Crippen molar-refractivity contribution in [2.75, 3.05) is 7.11 Å². The Hall–Kier alpha value is -1.27. The van der Waals surface area contributed by atoms with Crippen LogP contribution < -0.4 is 0 Å². The van der Waals surface area contributed by atoms with E-state index in [1.165, 1.54) is 25.7 Å². The highest BCUT2D eigenvalue weighted by Crippen LogP contribution is 2.64. The zero-order chi connectivity index (χ0) is 16.9. The van der Waals surface area contributed by atoms with Crippen molar-refractivity contribution in [3.05, 3.63) is 11.6 Å². The average Bonchev–Trinajstić information content (AvgIpc) is 2.87. The van der Waals surface area contributed by atoms with Gasteiger partial charge < -0.3 is 9.94 Å². The summed E-state index contributed by atoms with van der Waals surface area (Å²) < 4.78 is 0. The first-order valence-electron chi connectivity index (χ1n) is 9.53. The Bertz CT molecular complexity index is 630. The zero-order valence-electron chi connectivity index (χ0n) is 14.9. The van der Waals surface area contributed by atoms with E-state index in [1.54, 1.807) is 12.7 Å². The van der Waals surface area contributed by atoms with Crippen LogP contribution in [-0.4, -0.2) is 23.5 Å². The standard InChI is InChI=1S/C21H29NO2/c1-4-21(23)12-10-19-18-7-5-14-13-15(22-24-3)6-8-16(14)17(18)9-11-20(19,21)2/h1,13,16-19,23H,5-12H2,2-3H3/b22-15-/t16-,17+,18+,19-,20-,21-/m0/s1. The van der Waals surface area contributed by atoms with Gasteiger partial charge in [-0.1, -0.05) is 23.6 Å². The van der Waals surface area contributed by atoms with Gasteiger partial charge in [0.15, 0.2) is 0 Å². The van der Waals surface area contributed by atoms with Crippen LogP contribution in [0.15, 0.2) is 16.8 Å². The molecule has 0 saturated heterocycles. The Labute approximate surface area is 145 Å². The van der Waals surface area contributed by atoms with Crippen LogP contribution in [0.5, 0.6) is 0 Å². The Kier molecular flexibility index (Phi) is 3.80. The van der Waals surface area contributed by atoms with Gasteiger partial charge in [-0.15, -0.1) is 6.42 Å². The van der Waals surface area contributed by atoms with Gasteiger partial charge >= 0.3 is 0 Å². The summed E-state index contributed by atoms with van der Waals surface area (Å²) in [5.74, 6) is 5.57. The van der Waals surface area contributed by atoms with Crippen molar-refractivity contribution in [2.24, 2.45) is 34.2 Å². The molecule has 0 aromatic carbocycles. The molecule has 3 fully saturated rings. The lowest BCUT2D eigenvalue weighted by Gasteiger charge is -2.54. The Balaban J connectivity index is 1.61. The zero-order valence-corrected chi connectivity index (χ0v) is 14.9. The molecule has 0 amide bonds. The molecular weight excluding hydrogens is 298 g/mol. The molecule has 3 heteroatoms. The predicted octanol–water partition coefficient (Wildman–Crippen LogP) is 3.93. The lowest BCUT2D eigenvalue weighted by atomic mass is 9.50. The van der Waals surface area contributed by atoms with Crippen molar-refractivity contribution >= 4 is 5.71 Å². The van der Waals surface area contributed by atoms with Crippen LogP contribution in [0, 0.1) is 41.4 Å². The maximum atomic E-state index is 11.0. The van der Waals surface area contributed by atoms with Crippen LogP contribution >= 0.6 is 0 Å². The van der Waals surface area contributed by atoms with Gasteiger partial charge in [0.05, 0.1) is 5.71 Å². The molecule has 0 aliphatic heterocycles. The molecule has 130 valence electrons. The van der Waals surface area contributed by atoms with Crippen molar-refractivity contribution in [3.8, 4) is 12.3 Å². The fourth-order valence-corrected chi connectivity index (χ4v) is 6.64. The number of rotatable bonds is 1. The van der Waals surface area contributed by atoms with Crippen molar-refractivity contribution < 1.29 is 9.94 Å². The van der Waals surface area contributed by atoms with Crippen LogP contribution in [0.2, 0.25) is 0 Å². The van der Waals surface area contributed by atoms with Gasteiger partial charge in [0.1, 0.15) is 12.7 Å². The lowest BCUT2D eigenvalue weighted by molar-refractivity contribution is -0.0852. The van der Waals surface area contributed by atoms with Gasteiger partial charge in [-0.05, 0) is 81.1 Å². The van der Waals surface area contributed by atoms with Gasteiger partial charge in [-0.25, -0.2) is 0 Å². The van der Waals surface area contributed by atoms with Crippen LogP contribution in [0.4, 0.5) is 0 Å². The van der Waals surface area contributed by atoms with E-state index in [0.29, 0.717) is 11.8 Å². The number of oxime groups is 1. The third-order valence-corrected chi connectivity index (χ3v) is 7.91. The Morgan fingerprint density at radius 2 is 2.04 bits per heavy atom. The summed E-state index contributed by atoms with van der Waals surface area (Å²) in [6, 6.07) is 0. The summed E-state index contributed by atoms with van der Waals surface area (Å²) in [6.45, 7) is 2.26. The molecule has 1 N–H and O–H groups in total. The van der Waals surface area contributed by atoms with Gasteiger partial charge in [0, 0.05) is 5.41 Å². The van der Waals surface area contributed by atoms with E-state index >= 15 is 0 Å². The fourth-order valence-electron chi connectivity index (χ4n) is 6.64. The SMILES string of the molecule is C#C[C@]1(O)CC[C@H]2[C@@H]3CCC4=C/C(=N\OC)CC[C@@H]4[C@H]3CC[C@@]21C. The minimum atomic E-state index is -0.885. The molecule has 3 nitrogen and oxygen atoms in total. The molecule has 0 aromatic rings. The van der Waals surface area contributed by atoms with Gasteiger partial charge in [0.25, 0.3) is 0 Å². The lowest BCUT2D eigenvalue weighted by Crippen LogP contribution is -2.52. The molecule has 0 heterocycles. The summed E-state index contributed by atoms with van der Waals surface area (Å²) >= 11 is 0. The molecule has 24 heavy (non-hydrogen) atoms. The third-order valence-electron chi connectivity index (χ3n) is 7.91. The second-order valence-electron chi connectivity index (χ2n) is 8.60. The quantitative estimate of drug-likeness (QED) is 0.586. The average molecular weight is 327 g/mol. The molecule has 6 atom stereocenters. The minimum Gasteiger partial charge on any atom is -0.399 e. The van der Waals surface area contributed by atoms with Crippen molar-refractivity contribution in [1.82, 2.24) is 0 Å². The van der Waals surface area contributed by atoms with Crippen molar-refractivity contribution in [1.29, 1.82) is 0 Å². The summed E-state index contributed by atoms with van der Waals surface area (Å²) in [4.78, 5) is 4.97. The van der Waals surface area contributed by atoms with E-state index in [4.69, 9.17) is 11.3 Å². The summed E-state index contributed by atoms with van der Waals surface area (Å²) in [6.07, 6.45) is 16.9. The molecule has 0 bridgehead atoms.